The molecule has 494 valence electrons. The van der Waals surface area contributed by atoms with Gasteiger partial charge in [0.15, 0.2) is 0 Å². The number of rotatable bonds is 29. The normalized spacial score (nSPS) is 15.0. The van der Waals surface area contributed by atoms with Crippen molar-refractivity contribution in [3.8, 4) is 5.75 Å². The third-order valence-electron chi connectivity index (χ3n) is 13.9. The standard InChI is InChI=1S/C39H53ClN8O7.C10H18N2O3S.C7H18N.C3H7NO2S.C2H4/c1-23(17-24-5-8-27(49)9-6-24)45-34(52)22-44-35(53)30(18-25-21-43-29-19-26(40)7-10-28(25)29)46-36(54)31(20-32(41)50)47-37(55)39(13-15-42-16-14-39)48-33(51)11-12-38(2,3)4;13-7-11-9(6-16-15)10(14)12-8-4-2-1-3-5-8;1-5-6-7-8(2,3)4;4-3(5)1-2-7-6;1-2/h5-10,19,21,23,30-31,42-43,49H,11-18,20,22H2,1-4H3,(H2,41,50)(H,44,53)(H,45,52)(H,46,54)(H,47,55)(H,48,51);7-9,15H,1-6H2,(H,11,13)(H,12,14);5-7H2,1-4H3;6H,1-2H2,(H2,4,5);1-2H2/q;;+1;;/t23?,30?,31-;9-;;;/m00.../s1. The molecular weight excluding hydrogens is 1190 g/mol. The fourth-order valence-electron chi connectivity index (χ4n) is 9.15. The third-order valence-corrected chi connectivity index (χ3v) is 15.0. The van der Waals surface area contributed by atoms with Crippen molar-refractivity contribution in [3.05, 3.63) is 78.0 Å². The largest absolute Gasteiger partial charge is 0.508 e. The van der Waals surface area contributed by atoms with Crippen LogP contribution in [0.1, 0.15) is 129 Å². The number of halogens is 1. The van der Waals surface area contributed by atoms with Crippen LogP contribution in [0, 0.1) is 5.41 Å². The van der Waals surface area contributed by atoms with Gasteiger partial charge in [0.2, 0.25) is 53.7 Å². The summed E-state index contributed by atoms with van der Waals surface area (Å²) in [6.07, 6.45) is 11.8. The number of aromatic nitrogens is 1. The summed E-state index contributed by atoms with van der Waals surface area (Å²) in [5.74, 6) is -3.72. The number of aromatic amines is 1. The smallest absolute Gasteiger partial charge is 0.246 e. The lowest BCUT2D eigenvalue weighted by molar-refractivity contribution is -0.870. The number of quaternary nitrogens is 1. The van der Waals surface area contributed by atoms with Gasteiger partial charge in [0.25, 0.3) is 0 Å². The fourth-order valence-corrected chi connectivity index (χ4v) is 10.0. The SMILES string of the molecule is C=C.CC(Cc1ccc(O)cc1)NC(=O)CNC(=O)C(Cc1c[nH]c2cc(Cl)ccc12)NC(=O)[C@H](CC(N)=O)NC(=O)C1(NC(=O)CCC(C)(C)C)CCNCC1.CCCC[N+](C)(C)C.NC(=O)CCSO.O=CN[C@@H](CSO)C(=O)NC1CCCCC1. The second-order valence-electron chi connectivity index (χ2n) is 23.9. The van der Waals surface area contributed by atoms with E-state index in [2.05, 4.69) is 88.7 Å². The Morgan fingerprint density at radius 2 is 1.48 bits per heavy atom. The molecule has 4 atom stereocenters. The topological polar surface area (TPSA) is 378 Å². The summed E-state index contributed by atoms with van der Waals surface area (Å²) in [6, 6.07) is 8.31. The quantitative estimate of drug-likeness (QED) is 0.0189. The predicted molar refractivity (Wildman–Crippen MR) is 350 cm³/mol. The number of carbonyl (C=O) groups excluding carboxylic acids is 9. The van der Waals surface area contributed by atoms with Crippen molar-refractivity contribution in [1.82, 2.24) is 47.5 Å². The fraction of sp³-hybridized carbons (Fsp3) is 0.590. The van der Waals surface area contributed by atoms with Crippen molar-refractivity contribution in [1.29, 1.82) is 0 Å². The molecule has 27 heteroatoms. The zero-order valence-electron chi connectivity index (χ0n) is 52.7. The van der Waals surface area contributed by atoms with Crippen molar-refractivity contribution in [3.63, 3.8) is 0 Å². The zero-order chi connectivity index (χ0) is 66.5. The molecule has 2 aromatic carbocycles. The summed E-state index contributed by atoms with van der Waals surface area (Å²) in [6.45, 7) is 17.8. The Kier molecular flexibility index (Phi) is 38.4. The van der Waals surface area contributed by atoms with Gasteiger partial charge in [-0.15, -0.1) is 13.2 Å². The van der Waals surface area contributed by atoms with Crippen LogP contribution in [0.2, 0.25) is 5.02 Å². The summed E-state index contributed by atoms with van der Waals surface area (Å²) >= 11 is 7.36. The Balaban J connectivity index is 0.000000947. The molecule has 1 saturated carbocycles. The van der Waals surface area contributed by atoms with Gasteiger partial charge in [0.05, 0.1) is 40.7 Å². The van der Waals surface area contributed by atoms with Crippen molar-refractivity contribution in [2.45, 2.75) is 167 Å². The van der Waals surface area contributed by atoms with Crippen LogP contribution in [-0.4, -0.2) is 172 Å². The number of benzene rings is 2. The summed E-state index contributed by atoms with van der Waals surface area (Å²) < 4.78 is 17.8. The van der Waals surface area contributed by atoms with E-state index in [0.29, 0.717) is 78.3 Å². The first-order valence-corrected chi connectivity index (χ1v) is 31.9. The van der Waals surface area contributed by atoms with Gasteiger partial charge in [0, 0.05) is 65.0 Å². The van der Waals surface area contributed by atoms with Crippen molar-refractivity contribution in [2.75, 3.05) is 58.8 Å². The number of hydrogen-bond acceptors (Lipinski definition) is 15. The Morgan fingerprint density at radius 3 is 2.01 bits per heavy atom. The number of nitrogens with two attached hydrogens (primary N) is 2. The highest BCUT2D eigenvalue weighted by Crippen LogP contribution is 2.25. The van der Waals surface area contributed by atoms with E-state index in [0.717, 1.165) is 41.1 Å². The lowest BCUT2D eigenvalue weighted by Crippen LogP contribution is -2.65. The highest BCUT2D eigenvalue weighted by atomic mass is 35.5. The monoisotopic (exact) mass is 1290 g/mol. The number of aromatic hydroxyl groups is 1. The number of piperidine rings is 1. The summed E-state index contributed by atoms with van der Waals surface area (Å²) in [4.78, 5) is 115. The van der Waals surface area contributed by atoms with Gasteiger partial charge >= 0.3 is 0 Å². The zero-order valence-corrected chi connectivity index (χ0v) is 55.0. The van der Waals surface area contributed by atoms with Crippen molar-refractivity contribution >= 4 is 100 Å². The Hall–Kier alpha value is -6.42. The number of hydrogen-bond donors (Lipinski definition) is 14. The molecule has 1 aromatic heterocycles. The van der Waals surface area contributed by atoms with Gasteiger partial charge < -0.3 is 77.7 Å². The molecular formula is C61H100ClN12O12S2+. The number of fused-ring (bicyclic) bond motifs is 1. The van der Waals surface area contributed by atoms with E-state index in [1.807, 2.05) is 20.8 Å². The van der Waals surface area contributed by atoms with E-state index in [1.165, 1.54) is 25.8 Å². The molecule has 0 bridgehead atoms. The van der Waals surface area contributed by atoms with Gasteiger partial charge in [-0.2, -0.15) is 0 Å². The number of phenolic OH excluding ortho intramolecular Hbond substituents is 1. The molecule has 24 nitrogen and oxygen atoms in total. The molecule has 1 saturated heterocycles. The molecule has 88 heavy (non-hydrogen) atoms. The first kappa shape index (κ1) is 79.6. The average molecular weight is 1290 g/mol. The van der Waals surface area contributed by atoms with Crippen molar-refractivity contribution in [2.24, 2.45) is 16.9 Å². The number of H-pyrrole nitrogens is 1. The number of nitrogens with zero attached hydrogens (tertiary/aromatic N) is 1. The van der Waals surface area contributed by atoms with Gasteiger partial charge in [-0.25, -0.2) is 0 Å². The molecule has 3 aromatic rings. The maximum Gasteiger partial charge on any atom is 0.246 e. The van der Waals surface area contributed by atoms with E-state index in [9.17, 15) is 48.3 Å². The minimum Gasteiger partial charge on any atom is -0.508 e. The molecule has 2 unspecified atom stereocenters. The lowest BCUT2D eigenvalue weighted by Gasteiger charge is -2.38. The minimum absolute atomic E-state index is 0.0330. The number of amides is 9. The van der Waals surface area contributed by atoms with Crippen LogP contribution < -0.4 is 54.0 Å². The van der Waals surface area contributed by atoms with E-state index in [-0.39, 0.29) is 78.8 Å². The third kappa shape index (κ3) is 33.8. The highest BCUT2D eigenvalue weighted by Gasteiger charge is 2.43. The molecule has 1 aliphatic carbocycles. The Bertz CT molecular complexity index is 2620. The second kappa shape index (κ2) is 42.5. The van der Waals surface area contributed by atoms with Gasteiger partial charge in [0.1, 0.15) is 29.4 Å². The Morgan fingerprint density at radius 1 is 0.830 bits per heavy atom. The molecule has 2 heterocycles. The first-order valence-electron chi connectivity index (χ1n) is 29.7. The minimum atomic E-state index is -1.48. The molecule has 2 aliphatic rings. The number of primary amides is 2. The molecule has 9 amide bonds. The van der Waals surface area contributed by atoms with E-state index in [1.54, 1.807) is 55.6 Å². The molecule has 2 fully saturated rings. The van der Waals surface area contributed by atoms with Crippen molar-refractivity contribution < 1.29 is 61.8 Å². The van der Waals surface area contributed by atoms with E-state index < -0.39 is 66.2 Å². The highest BCUT2D eigenvalue weighted by molar-refractivity contribution is 7.93. The van der Waals surface area contributed by atoms with Gasteiger partial charge in [-0.3, -0.25) is 43.2 Å². The molecule has 5 rings (SSSR count). The number of nitrogens with one attached hydrogen (secondary N) is 9. The number of phenols is 1. The van der Waals surface area contributed by atoms with Crippen LogP contribution in [0.15, 0.2) is 61.8 Å². The van der Waals surface area contributed by atoms with Crippen LogP contribution in [-0.2, 0) is 56.0 Å². The van der Waals surface area contributed by atoms with E-state index >= 15 is 0 Å². The molecule has 16 N–H and O–H groups in total. The predicted octanol–water partition coefficient (Wildman–Crippen LogP) is 4.96. The lowest BCUT2D eigenvalue weighted by atomic mass is 9.85. The number of unbranched alkanes of at least 4 members (excludes halogenated alkanes) is 1. The summed E-state index contributed by atoms with van der Waals surface area (Å²) in [5.41, 5.74) is 11.0. The summed E-state index contributed by atoms with van der Waals surface area (Å²) in [5, 5.41) is 32.9. The first-order chi connectivity index (χ1) is 41.5. The Labute approximate surface area is 533 Å². The van der Waals surface area contributed by atoms with Crippen LogP contribution in [0.3, 0.4) is 0 Å². The van der Waals surface area contributed by atoms with Gasteiger partial charge in [-0.1, -0.05) is 83.2 Å². The maximum atomic E-state index is 14.0. The second-order valence-corrected chi connectivity index (χ2v) is 25.6. The van der Waals surface area contributed by atoms with Crippen LogP contribution in [0.5, 0.6) is 5.75 Å². The summed E-state index contributed by atoms with van der Waals surface area (Å²) in [7, 11) is 6.70. The van der Waals surface area contributed by atoms with Crippen LogP contribution in [0.4, 0.5) is 0 Å². The number of carbonyl (C=O) groups is 9. The molecule has 0 radical (unpaired) electrons. The van der Waals surface area contributed by atoms with Crippen LogP contribution >= 0.6 is 35.7 Å². The molecule has 1 aliphatic heterocycles. The molecule has 0 spiro atoms. The maximum absolute atomic E-state index is 14.0. The van der Waals surface area contributed by atoms with Gasteiger partial charge in [-0.05, 0) is 130 Å². The van der Waals surface area contributed by atoms with Crippen LogP contribution in [0.25, 0.3) is 10.9 Å². The van der Waals surface area contributed by atoms with E-state index in [4.69, 9.17) is 32.2 Å². The average Bonchev–Trinajstić information content (AvgIpc) is 3.59.